The van der Waals surface area contributed by atoms with Crippen molar-refractivity contribution in [1.82, 2.24) is 9.80 Å². The van der Waals surface area contributed by atoms with Gasteiger partial charge in [-0.1, -0.05) is 48.7 Å². The molecule has 2 N–H and O–H groups in total. The Morgan fingerprint density at radius 1 is 0.900 bits per heavy atom. The summed E-state index contributed by atoms with van der Waals surface area (Å²) in [4.78, 5) is 49.3. The van der Waals surface area contributed by atoms with Gasteiger partial charge in [-0.25, -0.2) is 19.3 Å². The van der Waals surface area contributed by atoms with Crippen LogP contribution in [0.1, 0.15) is 75.1 Å². The van der Waals surface area contributed by atoms with Crippen molar-refractivity contribution < 1.29 is 65.2 Å². The second kappa shape index (κ2) is 15.2. The number of ether oxygens (including phenoxy) is 7. The molecule has 11 atom stereocenters. The van der Waals surface area contributed by atoms with Gasteiger partial charge in [-0.3, -0.25) is 9.80 Å². The number of halogens is 3. The molecule has 2 aromatic rings. The number of nitrogens with zero attached hydrogens (tertiary/aromatic N) is 3. The molecule has 18 nitrogen and oxygen atoms in total. The highest BCUT2D eigenvalue weighted by Crippen LogP contribution is 2.74. The van der Waals surface area contributed by atoms with Gasteiger partial charge >= 0.3 is 28.1 Å². The van der Waals surface area contributed by atoms with Gasteiger partial charge in [-0.2, -0.15) is 8.42 Å². The highest BCUT2D eigenvalue weighted by atomic mass is 35.6. The molecule has 1 amide bonds. The van der Waals surface area contributed by atoms with Gasteiger partial charge in [-0.05, 0) is 68.3 Å². The summed E-state index contributed by atoms with van der Waals surface area (Å²) in [6, 6.07) is 4.47. The first-order valence-corrected chi connectivity index (χ1v) is 26.5. The largest absolute Gasteiger partial charge is 0.491 e. The first-order chi connectivity index (χ1) is 33.2. The highest BCUT2D eigenvalue weighted by Gasteiger charge is 2.77. The van der Waals surface area contributed by atoms with Gasteiger partial charge in [0.1, 0.15) is 30.3 Å². The lowest BCUT2D eigenvalue weighted by Gasteiger charge is -2.60. The Kier molecular flexibility index (Phi) is 10.2. The summed E-state index contributed by atoms with van der Waals surface area (Å²) < 4.78 is 71.4. The molecule has 0 bridgehead atoms. The summed E-state index contributed by atoms with van der Waals surface area (Å²) in [5.74, 6) is -1.06. The molecule has 0 radical (unpaired) electrons. The molecule has 5 saturated heterocycles. The topological polar surface area (TPSA) is 204 Å². The van der Waals surface area contributed by atoms with Crippen LogP contribution in [0.5, 0.6) is 23.0 Å². The van der Waals surface area contributed by atoms with Gasteiger partial charge in [0.25, 0.3) is 0 Å². The number of methoxy groups -OCH3 is 4. The third kappa shape index (κ3) is 5.77. The van der Waals surface area contributed by atoms with Crippen LogP contribution in [0.2, 0.25) is 0 Å². The maximum atomic E-state index is 14.9. The predicted octanol–water partition coefficient (Wildman–Crippen LogP) is 5.53. The molecule has 2 aliphatic carbocycles. The van der Waals surface area contributed by atoms with Crippen LogP contribution < -0.4 is 28.6 Å². The fourth-order valence-corrected chi connectivity index (χ4v) is 16.3. The van der Waals surface area contributed by atoms with E-state index in [-0.39, 0.29) is 76.7 Å². The second-order valence-corrected chi connectivity index (χ2v) is 24.5. The summed E-state index contributed by atoms with van der Waals surface area (Å²) in [5, 5.41) is 17.0. The monoisotopic (exact) mass is 1050 g/mol. The van der Waals surface area contributed by atoms with Crippen LogP contribution in [-0.2, 0) is 49.5 Å². The van der Waals surface area contributed by atoms with Gasteiger partial charge in [-0.15, -0.1) is 0 Å². The van der Waals surface area contributed by atoms with Crippen LogP contribution in [0, 0.1) is 10.8 Å². The number of amides is 1. The molecule has 22 heteroatoms. The molecule has 0 saturated carbocycles. The van der Waals surface area contributed by atoms with Crippen molar-refractivity contribution in [2.45, 2.75) is 110 Å². The molecule has 10 aliphatic rings. The molecule has 12 rings (SSSR count). The molecule has 0 unspecified atom stereocenters. The number of carbonyl (C=O) groups is 3. The smallest absolute Gasteiger partial charge is 0.419 e. The lowest BCUT2D eigenvalue weighted by atomic mass is 9.51. The standard InChI is InChI=1S/C48H53Cl3N4O14S/c1-8-44-18-23(40(58)65-6)36-47(25-15-28(69-70(7,60)61)32(62-3)33(63-4)31(25)55(36)43(59)66-20-48(49,50)51)11-13-54(42(44)47)30-21-14-24-26(16-27(21)67-34(30)37(44)56)52-35-22(39(57)64-5)17-45(9-2)38-29(68-38)19-53-12-10-46(24,35)41(45)53/h14-16,29-30,34,37-38,41-42,52,56H,8-13,17-20H2,1-7H3/t29-,30-,34+,37-,38-,41+,42+,44-,45-,46+,47+/m1/s1. The Labute approximate surface area is 419 Å². The number of nitrogens with one attached hydrogen (secondary N) is 1. The molecule has 376 valence electrons. The normalized spacial score (nSPS) is 35.7. The van der Waals surface area contributed by atoms with E-state index in [2.05, 4.69) is 28.1 Å². The average Bonchev–Trinajstić information content (AvgIpc) is 3.63. The maximum Gasteiger partial charge on any atom is 0.419 e. The van der Waals surface area contributed by atoms with E-state index in [4.69, 9.17) is 72.1 Å². The zero-order valence-corrected chi connectivity index (χ0v) is 42.6. The van der Waals surface area contributed by atoms with Crippen molar-refractivity contribution in [2.24, 2.45) is 10.8 Å². The second-order valence-electron chi connectivity index (χ2n) is 20.4. The summed E-state index contributed by atoms with van der Waals surface area (Å²) in [5.41, 5.74) is 1.39. The van der Waals surface area contributed by atoms with Gasteiger partial charge in [0, 0.05) is 59.0 Å². The van der Waals surface area contributed by atoms with E-state index in [0.29, 0.717) is 36.3 Å². The van der Waals surface area contributed by atoms with E-state index in [1.807, 2.05) is 13.0 Å². The summed E-state index contributed by atoms with van der Waals surface area (Å²) in [7, 11) is 1.08. The number of aliphatic hydroxyl groups is 1. The fourth-order valence-electron chi connectivity index (χ4n) is 15.7. The molecule has 8 heterocycles. The van der Waals surface area contributed by atoms with E-state index < -0.39 is 73.1 Å². The van der Waals surface area contributed by atoms with Gasteiger partial charge in [0.2, 0.25) is 9.54 Å². The first-order valence-electron chi connectivity index (χ1n) is 23.6. The Hall–Kier alpha value is -4.21. The van der Waals surface area contributed by atoms with Crippen LogP contribution in [-0.4, -0.2) is 143 Å². The Morgan fingerprint density at radius 2 is 1.59 bits per heavy atom. The number of anilines is 2. The summed E-state index contributed by atoms with van der Waals surface area (Å²) in [6.45, 7) is 5.42. The van der Waals surface area contributed by atoms with Crippen molar-refractivity contribution in [3.8, 4) is 23.0 Å². The molecular formula is C48H53Cl3N4O14S. The van der Waals surface area contributed by atoms with Crippen LogP contribution in [0.4, 0.5) is 16.2 Å². The maximum absolute atomic E-state index is 14.9. The Balaban J connectivity index is 1.08. The van der Waals surface area contributed by atoms with E-state index >= 15 is 0 Å². The molecule has 2 spiro atoms. The fraction of sp³-hybridized carbons (Fsp3) is 0.604. The van der Waals surface area contributed by atoms with Crippen LogP contribution in [0.25, 0.3) is 0 Å². The number of esters is 2. The van der Waals surface area contributed by atoms with E-state index in [9.17, 15) is 27.9 Å². The first kappa shape index (κ1) is 46.8. The lowest BCUT2D eigenvalue weighted by Crippen LogP contribution is -2.70. The van der Waals surface area contributed by atoms with E-state index in [0.717, 1.165) is 54.7 Å². The number of carbonyl (C=O) groups excluding carboxylic acids is 3. The number of alkyl halides is 3. The van der Waals surface area contributed by atoms with Crippen LogP contribution in [0.3, 0.4) is 0 Å². The zero-order valence-electron chi connectivity index (χ0n) is 39.5. The number of piperidine rings is 2. The summed E-state index contributed by atoms with van der Waals surface area (Å²) in [6.07, 6.45) is 0.512. The Bertz CT molecular complexity index is 2910. The van der Waals surface area contributed by atoms with Crippen LogP contribution >= 0.6 is 34.8 Å². The minimum Gasteiger partial charge on any atom is -0.491 e. The number of hydrogen-bond donors (Lipinski definition) is 2. The quantitative estimate of drug-likeness (QED) is 0.104. The number of rotatable bonds is 9. The minimum absolute atomic E-state index is 0.0106. The number of fused-ring (bicyclic) bond motifs is 8. The summed E-state index contributed by atoms with van der Waals surface area (Å²) >= 11 is 18.4. The van der Waals surface area contributed by atoms with Crippen molar-refractivity contribution in [3.63, 3.8) is 0 Å². The van der Waals surface area contributed by atoms with Crippen molar-refractivity contribution in [1.29, 1.82) is 0 Å². The van der Waals surface area contributed by atoms with Crippen molar-refractivity contribution in [3.05, 3.63) is 57.4 Å². The number of hydrogen-bond acceptors (Lipinski definition) is 17. The van der Waals surface area contributed by atoms with Crippen molar-refractivity contribution >= 4 is 74.3 Å². The molecule has 8 aliphatic heterocycles. The number of benzene rings is 2. The number of aliphatic hydroxyl groups excluding tert-OH is 1. The van der Waals surface area contributed by atoms with Gasteiger partial charge in [0.05, 0.1) is 80.6 Å². The van der Waals surface area contributed by atoms with Gasteiger partial charge < -0.3 is 47.8 Å². The SMILES string of the molecule is CC[C@@]12CC(C(=O)OC)=C3Nc4cc5c(cc4[C@@]34CCN(C[C@H]3O[C@H]31)[C@@H]24)[C@@H]1[C@H](O5)[C@@H](O)[C@@]2(CC)CC(C(=O)OC)=C3N(C(=O)OCC(Cl)(Cl)Cl)c4c(cc(OS(C)(=O)=O)c(OC)c4OC)[C@@]34CCN1[C@@H]24. The third-order valence-corrected chi connectivity index (χ3v) is 18.6. The van der Waals surface area contributed by atoms with Crippen LogP contribution in [0.15, 0.2) is 40.7 Å². The van der Waals surface area contributed by atoms with E-state index in [1.54, 1.807) is 0 Å². The molecule has 5 fully saturated rings. The Morgan fingerprint density at radius 3 is 2.24 bits per heavy atom. The highest BCUT2D eigenvalue weighted by molar-refractivity contribution is 7.86. The third-order valence-electron chi connectivity index (χ3n) is 17.8. The minimum atomic E-state index is -4.20. The molecular weight excluding hydrogens is 995 g/mol. The molecule has 2 aromatic carbocycles. The lowest BCUT2D eigenvalue weighted by molar-refractivity contribution is -0.168. The average molecular weight is 1050 g/mol. The number of epoxide rings is 1. The zero-order chi connectivity index (χ0) is 49.6. The van der Waals surface area contributed by atoms with Gasteiger partial charge in [0.15, 0.2) is 11.5 Å². The predicted molar refractivity (Wildman–Crippen MR) is 252 cm³/mol. The molecule has 70 heavy (non-hydrogen) atoms. The van der Waals surface area contributed by atoms with Crippen molar-refractivity contribution in [2.75, 3.05) is 71.2 Å². The van der Waals surface area contributed by atoms with E-state index in [1.165, 1.54) is 39.4 Å². The molecule has 0 aromatic heterocycles.